The number of amides is 1. The van der Waals surface area contributed by atoms with Gasteiger partial charge in [0, 0.05) is 63.8 Å². The van der Waals surface area contributed by atoms with Gasteiger partial charge in [0.2, 0.25) is 0 Å². The fraction of sp³-hybridized carbons (Fsp3) is 0.375. The SMILES string of the molecule is CNC(=O)[C@@]1(Cc2cccc(-c3cccnc3)c2)CN(Cc2cnn(C)c2C)CCO1. The van der Waals surface area contributed by atoms with Crippen LogP contribution in [0.1, 0.15) is 16.8 Å². The normalized spacial score (nSPS) is 19.3. The molecule has 0 aliphatic carbocycles. The number of pyridine rings is 1. The highest BCUT2D eigenvalue weighted by molar-refractivity contribution is 5.86. The molecule has 0 radical (unpaired) electrons. The Morgan fingerprint density at radius 3 is 2.77 bits per heavy atom. The summed E-state index contributed by atoms with van der Waals surface area (Å²) in [6.07, 6.45) is 6.03. The quantitative estimate of drug-likeness (QED) is 0.664. The van der Waals surface area contributed by atoms with Gasteiger partial charge in [-0.2, -0.15) is 5.10 Å². The first kappa shape index (κ1) is 21.2. The van der Waals surface area contributed by atoms with Gasteiger partial charge in [0.25, 0.3) is 5.91 Å². The first-order valence-electron chi connectivity index (χ1n) is 10.6. The lowest BCUT2D eigenvalue weighted by molar-refractivity contribution is -0.160. The zero-order chi connectivity index (χ0) is 21.8. The lowest BCUT2D eigenvalue weighted by atomic mass is 9.90. The van der Waals surface area contributed by atoms with Crippen molar-refractivity contribution in [2.24, 2.45) is 7.05 Å². The molecule has 0 spiro atoms. The molecule has 3 heterocycles. The molecule has 1 N–H and O–H groups in total. The Morgan fingerprint density at radius 2 is 2.06 bits per heavy atom. The highest BCUT2D eigenvalue weighted by Crippen LogP contribution is 2.27. The zero-order valence-electron chi connectivity index (χ0n) is 18.3. The first-order chi connectivity index (χ1) is 15.0. The average molecular weight is 420 g/mol. The molecule has 1 atom stereocenters. The second kappa shape index (κ2) is 8.99. The summed E-state index contributed by atoms with van der Waals surface area (Å²) < 4.78 is 8.06. The third-order valence-corrected chi connectivity index (χ3v) is 6.05. The van der Waals surface area contributed by atoms with E-state index in [1.54, 1.807) is 13.2 Å². The molecule has 1 fully saturated rings. The van der Waals surface area contributed by atoms with Crippen LogP contribution < -0.4 is 5.32 Å². The molecule has 1 aliphatic rings. The summed E-state index contributed by atoms with van der Waals surface area (Å²) >= 11 is 0. The Kier molecular flexibility index (Phi) is 6.15. The second-order valence-corrected chi connectivity index (χ2v) is 8.13. The monoisotopic (exact) mass is 419 g/mol. The van der Waals surface area contributed by atoms with Crippen molar-refractivity contribution in [3.63, 3.8) is 0 Å². The molecule has 0 bridgehead atoms. The van der Waals surface area contributed by atoms with E-state index in [1.165, 1.54) is 5.56 Å². The Morgan fingerprint density at radius 1 is 1.23 bits per heavy atom. The number of aromatic nitrogens is 3. The van der Waals surface area contributed by atoms with Gasteiger partial charge in [-0.1, -0.05) is 30.3 Å². The van der Waals surface area contributed by atoms with Crippen LogP contribution in [-0.2, 0) is 29.5 Å². The van der Waals surface area contributed by atoms with Crippen LogP contribution in [0.5, 0.6) is 0 Å². The van der Waals surface area contributed by atoms with Crippen LogP contribution in [0, 0.1) is 6.92 Å². The minimum absolute atomic E-state index is 0.0908. The molecular weight excluding hydrogens is 390 g/mol. The molecule has 31 heavy (non-hydrogen) atoms. The Balaban J connectivity index is 1.58. The standard InChI is InChI=1S/C24H29N5O2/c1-18-22(15-27-28(18)3)16-29-10-11-31-24(17-29,23(30)25-2)13-19-6-4-7-20(12-19)21-8-5-9-26-14-21/h4-9,12,14-15H,10-11,13,16-17H2,1-3H3,(H,25,30)/t24-/m1/s1. The molecule has 162 valence electrons. The first-order valence-corrected chi connectivity index (χ1v) is 10.6. The molecular formula is C24H29N5O2. The van der Waals surface area contributed by atoms with Gasteiger partial charge >= 0.3 is 0 Å². The number of nitrogens with zero attached hydrogens (tertiary/aromatic N) is 4. The van der Waals surface area contributed by atoms with Crippen molar-refractivity contribution in [2.75, 3.05) is 26.7 Å². The number of benzene rings is 1. The van der Waals surface area contributed by atoms with E-state index in [0.717, 1.165) is 35.5 Å². The van der Waals surface area contributed by atoms with Gasteiger partial charge in [-0.25, -0.2) is 0 Å². The number of aryl methyl sites for hydroxylation is 1. The van der Waals surface area contributed by atoms with Crippen LogP contribution in [0.2, 0.25) is 0 Å². The molecule has 2 aromatic heterocycles. The summed E-state index contributed by atoms with van der Waals surface area (Å²) in [7, 11) is 3.62. The van der Waals surface area contributed by atoms with E-state index in [2.05, 4.69) is 45.4 Å². The van der Waals surface area contributed by atoms with Gasteiger partial charge in [-0.15, -0.1) is 0 Å². The largest absolute Gasteiger partial charge is 0.362 e. The number of hydrogen-bond acceptors (Lipinski definition) is 5. The summed E-state index contributed by atoms with van der Waals surface area (Å²) in [4.78, 5) is 19.5. The van der Waals surface area contributed by atoms with Crippen molar-refractivity contribution in [3.05, 3.63) is 71.8 Å². The molecule has 1 saturated heterocycles. The van der Waals surface area contributed by atoms with E-state index in [4.69, 9.17) is 4.74 Å². The van der Waals surface area contributed by atoms with Crippen LogP contribution in [-0.4, -0.2) is 57.9 Å². The fourth-order valence-corrected chi connectivity index (χ4v) is 4.21. The topological polar surface area (TPSA) is 72.3 Å². The summed E-state index contributed by atoms with van der Waals surface area (Å²) in [6.45, 7) is 4.63. The summed E-state index contributed by atoms with van der Waals surface area (Å²) in [5.41, 5.74) is 4.57. The fourth-order valence-electron chi connectivity index (χ4n) is 4.21. The van der Waals surface area contributed by atoms with E-state index < -0.39 is 5.60 Å². The van der Waals surface area contributed by atoms with Gasteiger partial charge in [0.15, 0.2) is 5.60 Å². The maximum atomic E-state index is 13.0. The third-order valence-electron chi connectivity index (χ3n) is 6.05. The van der Waals surface area contributed by atoms with Crippen LogP contribution in [0.4, 0.5) is 0 Å². The van der Waals surface area contributed by atoms with Crippen LogP contribution in [0.25, 0.3) is 11.1 Å². The molecule has 3 aromatic rings. The van der Waals surface area contributed by atoms with Crippen molar-refractivity contribution in [1.82, 2.24) is 25.0 Å². The predicted molar refractivity (Wildman–Crippen MR) is 119 cm³/mol. The number of carbonyl (C=O) groups excluding carboxylic acids is 1. The molecule has 1 aromatic carbocycles. The highest BCUT2D eigenvalue weighted by Gasteiger charge is 2.43. The van der Waals surface area contributed by atoms with E-state index in [-0.39, 0.29) is 5.91 Å². The number of likely N-dealkylation sites (N-methyl/N-ethyl adjacent to an activating group) is 1. The van der Waals surface area contributed by atoms with Crippen molar-refractivity contribution in [1.29, 1.82) is 0 Å². The van der Waals surface area contributed by atoms with Crippen molar-refractivity contribution >= 4 is 5.91 Å². The minimum atomic E-state index is -0.934. The van der Waals surface area contributed by atoms with E-state index in [0.29, 0.717) is 19.6 Å². The maximum Gasteiger partial charge on any atom is 0.253 e. The second-order valence-electron chi connectivity index (χ2n) is 8.13. The van der Waals surface area contributed by atoms with Crippen LogP contribution >= 0.6 is 0 Å². The Bertz CT molecular complexity index is 1050. The number of ether oxygens (including phenoxy) is 1. The van der Waals surface area contributed by atoms with Gasteiger partial charge in [-0.05, 0) is 29.7 Å². The van der Waals surface area contributed by atoms with Gasteiger partial charge in [0.1, 0.15) is 0 Å². The minimum Gasteiger partial charge on any atom is -0.362 e. The number of rotatable bonds is 6. The molecule has 4 rings (SSSR count). The lowest BCUT2D eigenvalue weighted by Gasteiger charge is -2.41. The molecule has 1 amide bonds. The summed E-state index contributed by atoms with van der Waals surface area (Å²) in [5.74, 6) is -0.0908. The van der Waals surface area contributed by atoms with E-state index >= 15 is 0 Å². The smallest absolute Gasteiger partial charge is 0.253 e. The summed E-state index contributed by atoms with van der Waals surface area (Å²) in [5, 5.41) is 7.17. The highest BCUT2D eigenvalue weighted by atomic mass is 16.5. The number of morpholine rings is 1. The van der Waals surface area contributed by atoms with Gasteiger partial charge in [0.05, 0.1) is 12.8 Å². The zero-order valence-corrected chi connectivity index (χ0v) is 18.3. The molecule has 0 unspecified atom stereocenters. The lowest BCUT2D eigenvalue weighted by Crippen LogP contribution is -2.60. The Labute approximate surface area is 183 Å². The third kappa shape index (κ3) is 4.52. The number of hydrogen-bond donors (Lipinski definition) is 1. The molecule has 0 saturated carbocycles. The van der Waals surface area contributed by atoms with Crippen molar-refractivity contribution < 1.29 is 9.53 Å². The van der Waals surface area contributed by atoms with E-state index in [1.807, 2.05) is 42.3 Å². The van der Waals surface area contributed by atoms with Gasteiger partial charge < -0.3 is 10.1 Å². The van der Waals surface area contributed by atoms with Crippen LogP contribution in [0.15, 0.2) is 55.0 Å². The molecule has 7 nitrogen and oxygen atoms in total. The molecule has 1 aliphatic heterocycles. The maximum absolute atomic E-state index is 13.0. The predicted octanol–water partition coefficient (Wildman–Crippen LogP) is 2.35. The Hall–Kier alpha value is -3.03. The molecule has 7 heteroatoms. The average Bonchev–Trinajstić information content (AvgIpc) is 3.11. The number of nitrogens with one attached hydrogen (secondary N) is 1. The number of carbonyl (C=O) groups is 1. The summed E-state index contributed by atoms with van der Waals surface area (Å²) in [6, 6.07) is 12.2. The van der Waals surface area contributed by atoms with Crippen LogP contribution in [0.3, 0.4) is 0 Å². The van der Waals surface area contributed by atoms with Gasteiger partial charge in [-0.3, -0.25) is 19.4 Å². The van der Waals surface area contributed by atoms with Crippen molar-refractivity contribution in [2.45, 2.75) is 25.5 Å². The van der Waals surface area contributed by atoms with Crippen molar-refractivity contribution in [3.8, 4) is 11.1 Å². The van der Waals surface area contributed by atoms with E-state index in [9.17, 15) is 4.79 Å².